The number of hydrogen-bond acceptors (Lipinski definition) is 1. The van der Waals surface area contributed by atoms with Crippen LogP contribution in [0.4, 0.5) is 0 Å². The fourth-order valence-electron chi connectivity index (χ4n) is 2.25. The maximum Gasteiger partial charge on any atom is 0.253 e. The molecule has 1 amide bonds. The van der Waals surface area contributed by atoms with Gasteiger partial charge < -0.3 is 5.32 Å². The second-order valence-electron chi connectivity index (χ2n) is 5.18. The fraction of sp³-hybridized carbons (Fsp3) is 0.235. The van der Waals surface area contributed by atoms with E-state index in [1.165, 1.54) is 5.56 Å². The monoisotopic (exact) mass is 365 g/mol. The van der Waals surface area contributed by atoms with Crippen LogP contribution in [0.15, 0.2) is 40.9 Å². The summed E-state index contributed by atoms with van der Waals surface area (Å²) in [4.78, 5) is 12.4. The molecule has 0 fully saturated rings. The zero-order chi connectivity index (χ0) is 15.6. The van der Waals surface area contributed by atoms with Crippen molar-refractivity contribution in [1.82, 2.24) is 5.32 Å². The standard InChI is InChI=1S/C17H17BrClNO/c1-10-4-5-11(2)14(8-10)12(3)20-17(21)15-9-13(18)6-7-16(15)19/h4-9,12H,1-3H3,(H,20,21). The molecule has 2 aromatic carbocycles. The lowest BCUT2D eigenvalue weighted by molar-refractivity contribution is 0.0940. The van der Waals surface area contributed by atoms with Crippen LogP contribution < -0.4 is 5.32 Å². The Labute approximate surface area is 138 Å². The maximum atomic E-state index is 12.4. The maximum absolute atomic E-state index is 12.4. The Morgan fingerprint density at radius 3 is 2.62 bits per heavy atom. The summed E-state index contributed by atoms with van der Waals surface area (Å²) in [6, 6.07) is 11.4. The molecule has 1 N–H and O–H groups in total. The first kappa shape index (κ1) is 16.1. The minimum atomic E-state index is -0.172. The Kier molecular flexibility index (Phi) is 5.07. The van der Waals surface area contributed by atoms with Crippen molar-refractivity contribution in [3.8, 4) is 0 Å². The second kappa shape index (κ2) is 6.63. The molecular formula is C17H17BrClNO. The first-order valence-electron chi connectivity index (χ1n) is 6.71. The fourth-order valence-corrected chi connectivity index (χ4v) is 2.81. The molecule has 2 aromatic rings. The highest BCUT2D eigenvalue weighted by molar-refractivity contribution is 9.10. The molecule has 0 aromatic heterocycles. The van der Waals surface area contributed by atoms with Crippen LogP contribution in [0.25, 0.3) is 0 Å². The molecule has 4 heteroatoms. The van der Waals surface area contributed by atoms with Gasteiger partial charge in [0.25, 0.3) is 5.91 Å². The minimum Gasteiger partial charge on any atom is -0.345 e. The van der Waals surface area contributed by atoms with Gasteiger partial charge in [0.1, 0.15) is 0 Å². The van der Waals surface area contributed by atoms with Crippen molar-refractivity contribution in [2.24, 2.45) is 0 Å². The predicted molar refractivity (Wildman–Crippen MR) is 90.9 cm³/mol. The molecule has 0 saturated heterocycles. The summed E-state index contributed by atoms with van der Waals surface area (Å²) in [5, 5.41) is 3.45. The number of benzene rings is 2. The van der Waals surface area contributed by atoms with Crippen LogP contribution >= 0.6 is 27.5 Å². The van der Waals surface area contributed by atoms with E-state index in [0.29, 0.717) is 10.6 Å². The lowest BCUT2D eigenvalue weighted by atomic mass is 10.00. The predicted octanol–water partition coefficient (Wildman–Crippen LogP) is 5.21. The van der Waals surface area contributed by atoms with E-state index in [1.807, 2.05) is 26.8 Å². The van der Waals surface area contributed by atoms with Crippen LogP contribution in [0.5, 0.6) is 0 Å². The van der Waals surface area contributed by atoms with E-state index >= 15 is 0 Å². The lowest BCUT2D eigenvalue weighted by Gasteiger charge is -2.18. The van der Waals surface area contributed by atoms with Crippen LogP contribution in [-0.4, -0.2) is 5.91 Å². The van der Waals surface area contributed by atoms with Crippen molar-refractivity contribution in [3.63, 3.8) is 0 Å². The number of halogens is 2. The summed E-state index contributed by atoms with van der Waals surface area (Å²) in [6.45, 7) is 6.07. The Balaban J connectivity index is 2.23. The Hall–Kier alpha value is -1.32. The van der Waals surface area contributed by atoms with Crippen LogP contribution in [0.2, 0.25) is 5.02 Å². The summed E-state index contributed by atoms with van der Waals surface area (Å²) in [7, 11) is 0. The third-order valence-electron chi connectivity index (χ3n) is 3.42. The highest BCUT2D eigenvalue weighted by Gasteiger charge is 2.16. The molecule has 0 aliphatic heterocycles. The molecule has 0 aliphatic carbocycles. The van der Waals surface area contributed by atoms with Gasteiger partial charge in [0, 0.05) is 4.47 Å². The van der Waals surface area contributed by atoms with Crippen molar-refractivity contribution in [2.45, 2.75) is 26.8 Å². The zero-order valence-corrected chi connectivity index (χ0v) is 14.5. The van der Waals surface area contributed by atoms with Gasteiger partial charge >= 0.3 is 0 Å². The second-order valence-corrected chi connectivity index (χ2v) is 6.50. The van der Waals surface area contributed by atoms with E-state index in [0.717, 1.165) is 15.6 Å². The Morgan fingerprint density at radius 1 is 1.19 bits per heavy atom. The first-order valence-corrected chi connectivity index (χ1v) is 7.88. The molecule has 0 aliphatic rings. The number of carbonyl (C=O) groups excluding carboxylic acids is 1. The Bertz CT molecular complexity index is 684. The molecule has 1 atom stereocenters. The molecule has 0 bridgehead atoms. The molecule has 110 valence electrons. The third-order valence-corrected chi connectivity index (χ3v) is 4.24. The number of carbonyl (C=O) groups is 1. The number of rotatable bonds is 3. The molecule has 1 unspecified atom stereocenters. The van der Waals surface area contributed by atoms with E-state index in [1.54, 1.807) is 12.1 Å². The van der Waals surface area contributed by atoms with Crippen LogP contribution in [0.1, 0.15) is 40.0 Å². The average Bonchev–Trinajstić information content (AvgIpc) is 2.43. The van der Waals surface area contributed by atoms with E-state index in [2.05, 4.69) is 39.4 Å². The minimum absolute atomic E-state index is 0.0764. The van der Waals surface area contributed by atoms with Gasteiger partial charge in [-0.1, -0.05) is 51.3 Å². The smallest absolute Gasteiger partial charge is 0.253 e. The normalized spacial score (nSPS) is 12.0. The number of aryl methyl sites for hydroxylation is 2. The summed E-state index contributed by atoms with van der Waals surface area (Å²) in [6.07, 6.45) is 0. The van der Waals surface area contributed by atoms with Gasteiger partial charge in [-0.05, 0) is 50.1 Å². The van der Waals surface area contributed by atoms with Crippen molar-refractivity contribution in [1.29, 1.82) is 0 Å². The number of amides is 1. The SMILES string of the molecule is Cc1ccc(C)c(C(C)NC(=O)c2cc(Br)ccc2Cl)c1. The molecule has 0 spiro atoms. The molecule has 2 nitrogen and oxygen atoms in total. The van der Waals surface area contributed by atoms with Gasteiger partial charge in [-0.3, -0.25) is 4.79 Å². The molecule has 0 heterocycles. The lowest BCUT2D eigenvalue weighted by Crippen LogP contribution is -2.27. The van der Waals surface area contributed by atoms with Gasteiger partial charge in [0.05, 0.1) is 16.6 Å². The quantitative estimate of drug-likeness (QED) is 0.793. The Morgan fingerprint density at radius 2 is 1.90 bits per heavy atom. The van der Waals surface area contributed by atoms with Gasteiger partial charge in [0.2, 0.25) is 0 Å². The van der Waals surface area contributed by atoms with E-state index in [-0.39, 0.29) is 11.9 Å². The summed E-state index contributed by atoms with van der Waals surface area (Å²) >= 11 is 9.45. The van der Waals surface area contributed by atoms with Gasteiger partial charge in [-0.2, -0.15) is 0 Å². The average molecular weight is 367 g/mol. The van der Waals surface area contributed by atoms with E-state index in [9.17, 15) is 4.79 Å². The summed E-state index contributed by atoms with van der Waals surface area (Å²) in [5.74, 6) is -0.172. The van der Waals surface area contributed by atoms with Crippen LogP contribution in [0, 0.1) is 13.8 Å². The van der Waals surface area contributed by atoms with Gasteiger partial charge in [-0.15, -0.1) is 0 Å². The number of nitrogens with one attached hydrogen (secondary N) is 1. The molecule has 2 rings (SSSR count). The van der Waals surface area contributed by atoms with Crippen molar-refractivity contribution in [3.05, 3.63) is 68.1 Å². The zero-order valence-electron chi connectivity index (χ0n) is 12.2. The third kappa shape index (κ3) is 3.86. The highest BCUT2D eigenvalue weighted by atomic mass is 79.9. The van der Waals surface area contributed by atoms with Crippen molar-refractivity contribution < 1.29 is 4.79 Å². The molecular weight excluding hydrogens is 350 g/mol. The largest absolute Gasteiger partial charge is 0.345 e. The topological polar surface area (TPSA) is 29.1 Å². The molecule has 0 saturated carbocycles. The van der Waals surface area contributed by atoms with Crippen molar-refractivity contribution >= 4 is 33.4 Å². The van der Waals surface area contributed by atoms with Gasteiger partial charge in [0.15, 0.2) is 0 Å². The number of hydrogen-bond donors (Lipinski definition) is 1. The summed E-state index contributed by atoms with van der Waals surface area (Å²) < 4.78 is 0.830. The molecule has 21 heavy (non-hydrogen) atoms. The van der Waals surface area contributed by atoms with Crippen LogP contribution in [-0.2, 0) is 0 Å². The van der Waals surface area contributed by atoms with E-state index in [4.69, 9.17) is 11.6 Å². The summed E-state index contributed by atoms with van der Waals surface area (Å²) in [5.41, 5.74) is 3.93. The van der Waals surface area contributed by atoms with Crippen molar-refractivity contribution in [2.75, 3.05) is 0 Å². The van der Waals surface area contributed by atoms with Gasteiger partial charge in [-0.25, -0.2) is 0 Å². The highest BCUT2D eigenvalue weighted by Crippen LogP contribution is 2.23. The van der Waals surface area contributed by atoms with E-state index < -0.39 is 0 Å². The van der Waals surface area contributed by atoms with Crippen LogP contribution in [0.3, 0.4) is 0 Å². The molecule has 0 radical (unpaired) electrons. The first-order chi connectivity index (χ1) is 9.88.